The van der Waals surface area contributed by atoms with Gasteiger partial charge in [-0.15, -0.1) is 0 Å². The Bertz CT molecular complexity index is 289. The second kappa shape index (κ2) is 7.59. The fourth-order valence-corrected chi connectivity index (χ4v) is 1.89. The van der Waals surface area contributed by atoms with Gasteiger partial charge in [-0.1, -0.05) is 0 Å². The topological polar surface area (TPSA) is 160 Å². The fraction of sp³-hybridized carbons (Fsp3) is 1.00. The first kappa shape index (κ1) is 17.7. The minimum atomic E-state index is -1.61. The molecule has 1 heterocycles. The van der Waals surface area contributed by atoms with E-state index in [2.05, 4.69) is 0 Å². The van der Waals surface area contributed by atoms with Crippen molar-refractivity contribution in [2.75, 3.05) is 13.2 Å². The normalized spacial score (nSPS) is 39.3. The number of aliphatic hydroxyl groups is 7. The van der Waals surface area contributed by atoms with Gasteiger partial charge in [0, 0.05) is 0 Å². The van der Waals surface area contributed by atoms with Crippen LogP contribution in [0.15, 0.2) is 0 Å². The molecule has 120 valence electrons. The van der Waals surface area contributed by atoms with Gasteiger partial charge in [0.25, 0.3) is 0 Å². The molecule has 0 amide bonds. The van der Waals surface area contributed by atoms with Crippen LogP contribution >= 0.6 is 0 Å². The van der Waals surface area contributed by atoms with Crippen molar-refractivity contribution >= 4 is 0 Å². The minimum absolute atomic E-state index is 0.710. The maximum Gasteiger partial charge on any atom is 0.187 e. The molecule has 9 heteroatoms. The number of hydrogen-bond donors (Lipinski definition) is 7. The first-order valence-corrected chi connectivity index (χ1v) is 6.26. The average molecular weight is 298 g/mol. The molecule has 1 rings (SSSR count). The molecule has 0 bridgehead atoms. The van der Waals surface area contributed by atoms with E-state index in [1.807, 2.05) is 0 Å². The molecule has 8 atom stereocenters. The summed E-state index contributed by atoms with van der Waals surface area (Å²) in [5.74, 6) is 0. The van der Waals surface area contributed by atoms with Crippen molar-refractivity contribution in [3.8, 4) is 0 Å². The largest absolute Gasteiger partial charge is 0.394 e. The smallest absolute Gasteiger partial charge is 0.187 e. The van der Waals surface area contributed by atoms with Crippen LogP contribution in [-0.2, 0) is 9.47 Å². The van der Waals surface area contributed by atoms with Crippen LogP contribution in [0.1, 0.15) is 6.92 Å². The molecule has 0 unspecified atom stereocenters. The summed E-state index contributed by atoms with van der Waals surface area (Å²) in [4.78, 5) is 0. The van der Waals surface area contributed by atoms with E-state index in [1.165, 1.54) is 6.92 Å². The van der Waals surface area contributed by atoms with E-state index in [9.17, 15) is 25.5 Å². The minimum Gasteiger partial charge on any atom is -0.394 e. The maximum atomic E-state index is 9.71. The summed E-state index contributed by atoms with van der Waals surface area (Å²) in [6, 6.07) is 0. The van der Waals surface area contributed by atoms with Crippen molar-refractivity contribution in [1.29, 1.82) is 0 Å². The van der Waals surface area contributed by atoms with E-state index in [1.54, 1.807) is 0 Å². The van der Waals surface area contributed by atoms with Crippen LogP contribution in [-0.4, -0.2) is 98.0 Å². The molecule has 1 fully saturated rings. The molecular formula is C11H22O9. The van der Waals surface area contributed by atoms with Crippen LogP contribution in [0, 0.1) is 0 Å². The van der Waals surface area contributed by atoms with Gasteiger partial charge in [0.15, 0.2) is 6.29 Å². The van der Waals surface area contributed by atoms with Crippen molar-refractivity contribution in [2.24, 2.45) is 0 Å². The van der Waals surface area contributed by atoms with Crippen molar-refractivity contribution in [3.05, 3.63) is 0 Å². The lowest BCUT2D eigenvalue weighted by Gasteiger charge is -2.40. The zero-order valence-electron chi connectivity index (χ0n) is 11.0. The van der Waals surface area contributed by atoms with Crippen molar-refractivity contribution in [1.82, 2.24) is 0 Å². The average Bonchev–Trinajstić information content (AvgIpc) is 2.45. The zero-order valence-corrected chi connectivity index (χ0v) is 11.0. The third-order valence-electron chi connectivity index (χ3n) is 3.26. The molecule has 0 radical (unpaired) electrons. The van der Waals surface area contributed by atoms with Gasteiger partial charge < -0.3 is 45.2 Å². The van der Waals surface area contributed by atoms with Crippen molar-refractivity contribution in [3.63, 3.8) is 0 Å². The molecule has 0 aliphatic carbocycles. The highest BCUT2D eigenvalue weighted by Crippen LogP contribution is 2.23. The Morgan fingerprint density at radius 1 is 1.00 bits per heavy atom. The molecular weight excluding hydrogens is 276 g/mol. The van der Waals surface area contributed by atoms with Crippen molar-refractivity contribution < 1.29 is 45.2 Å². The van der Waals surface area contributed by atoms with Crippen LogP contribution in [0.2, 0.25) is 0 Å². The molecule has 0 spiro atoms. The molecule has 20 heavy (non-hydrogen) atoms. The highest BCUT2D eigenvalue weighted by atomic mass is 16.7. The summed E-state index contributed by atoms with van der Waals surface area (Å²) in [6.07, 6.45) is -11.1. The van der Waals surface area contributed by atoms with E-state index in [0.717, 1.165) is 0 Å². The second-order valence-electron chi connectivity index (χ2n) is 4.78. The Morgan fingerprint density at radius 2 is 1.60 bits per heavy atom. The van der Waals surface area contributed by atoms with Crippen LogP contribution in [0.4, 0.5) is 0 Å². The van der Waals surface area contributed by atoms with Gasteiger partial charge >= 0.3 is 0 Å². The van der Waals surface area contributed by atoms with Crippen LogP contribution < -0.4 is 0 Å². The van der Waals surface area contributed by atoms with E-state index in [4.69, 9.17) is 19.7 Å². The summed E-state index contributed by atoms with van der Waals surface area (Å²) in [6.45, 7) is -0.00619. The van der Waals surface area contributed by atoms with Gasteiger partial charge in [0.2, 0.25) is 0 Å². The van der Waals surface area contributed by atoms with E-state index >= 15 is 0 Å². The molecule has 0 aromatic rings. The van der Waals surface area contributed by atoms with Crippen molar-refractivity contribution in [2.45, 2.75) is 55.9 Å². The summed E-state index contributed by atoms with van der Waals surface area (Å²) < 4.78 is 10.2. The molecule has 7 N–H and O–H groups in total. The van der Waals surface area contributed by atoms with Gasteiger partial charge in [-0.05, 0) is 6.92 Å². The maximum absolute atomic E-state index is 9.71. The number of rotatable bonds is 6. The molecule has 0 saturated carbocycles. The summed E-state index contributed by atoms with van der Waals surface area (Å²) in [5.41, 5.74) is 0. The lowest BCUT2D eigenvalue weighted by Crippen LogP contribution is -2.59. The van der Waals surface area contributed by atoms with Crippen LogP contribution in [0.3, 0.4) is 0 Å². The standard InChI is InChI=1S/C11H22O9/c1-4-7(15)9(17)10(18)11(19-4)20-6(3-13)8(16)5(14)2-12/h4-18H,2-3H2,1H3/t4-,5+,6+,7-,8+,9+,10+,11-/m0/s1. The van der Waals surface area contributed by atoms with Crippen LogP contribution in [0.5, 0.6) is 0 Å². The van der Waals surface area contributed by atoms with Crippen LogP contribution in [0.25, 0.3) is 0 Å². The quantitative estimate of drug-likeness (QED) is 0.258. The molecule has 9 nitrogen and oxygen atoms in total. The van der Waals surface area contributed by atoms with Gasteiger partial charge in [-0.3, -0.25) is 0 Å². The Balaban J connectivity index is 2.69. The van der Waals surface area contributed by atoms with Gasteiger partial charge in [0.05, 0.1) is 19.3 Å². The molecule has 1 saturated heterocycles. The predicted molar refractivity (Wildman–Crippen MR) is 63.4 cm³/mol. The van der Waals surface area contributed by atoms with E-state index in [-0.39, 0.29) is 0 Å². The SMILES string of the molecule is C[C@@H]1O[C@@H](O[C@H](CO)[C@H](O)[C@H](O)CO)[C@H](O)[C@H](O)[C@H]1O. The lowest BCUT2D eigenvalue weighted by molar-refractivity contribution is -0.315. The third-order valence-corrected chi connectivity index (χ3v) is 3.26. The first-order valence-electron chi connectivity index (χ1n) is 6.26. The highest BCUT2D eigenvalue weighted by Gasteiger charge is 2.44. The fourth-order valence-electron chi connectivity index (χ4n) is 1.89. The Hall–Kier alpha value is -0.360. The molecule has 1 aliphatic rings. The summed E-state index contributed by atoms with van der Waals surface area (Å²) in [5, 5.41) is 65.6. The Labute approximate surface area is 115 Å². The zero-order chi connectivity index (χ0) is 15.4. The molecule has 1 aliphatic heterocycles. The third kappa shape index (κ3) is 3.85. The Morgan fingerprint density at radius 3 is 2.10 bits per heavy atom. The van der Waals surface area contributed by atoms with Gasteiger partial charge in [-0.25, -0.2) is 0 Å². The van der Waals surface area contributed by atoms with Gasteiger partial charge in [-0.2, -0.15) is 0 Å². The molecule has 0 aromatic heterocycles. The van der Waals surface area contributed by atoms with E-state index < -0.39 is 62.2 Å². The summed E-state index contributed by atoms with van der Waals surface area (Å²) >= 11 is 0. The number of aliphatic hydroxyl groups excluding tert-OH is 7. The molecule has 0 aromatic carbocycles. The predicted octanol–water partition coefficient (Wildman–Crippen LogP) is -4.09. The van der Waals surface area contributed by atoms with E-state index in [0.29, 0.717) is 0 Å². The second-order valence-corrected chi connectivity index (χ2v) is 4.78. The van der Waals surface area contributed by atoms with Gasteiger partial charge in [0.1, 0.15) is 36.6 Å². The lowest BCUT2D eigenvalue weighted by atomic mass is 10.00. The monoisotopic (exact) mass is 298 g/mol. The number of hydrogen-bond acceptors (Lipinski definition) is 9. The highest BCUT2D eigenvalue weighted by molar-refractivity contribution is 4.88. The Kier molecular flexibility index (Phi) is 6.72. The number of ether oxygens (including phenoxy) is 2. The summed E-state index contributed by atoms with van der Waals surface area (Å²) in [7, 11) is 0. The first-order chi connectivity index (χ1) is 9.33.